The summed E-state index contributed by atoms with van der Waals surface area (Å²) in [5, 5.41) is 0. The first kappa shape index (κ1) is 15.0. The second kappa shape index (κ2) is 6.88. The molecule has 110 valence electrons. The second-order valence-electron chi connectivity index (χ2n) is 5.11. The molecule has 0 radical (unpaired) electrons. The molecule has 2 rings (SSSR count). The van der Waals surface area contributed by atoms with Gasteiger partial charge in [-0.15, -0.1) is 0 Å². The maximum absolute atomic E-state index is 12.7. The van der Waals surface area contributed by atoms with E-state index in [2.05, 4.69) is 11.9 Å². The summed E-state index contributed by atoms with van der Waals surface area (Å²) in [6.45, 7) is 5.21. The molecule has 21 heavy (non-hydrogen) atoms. The Morgan fingerprint density at radius 1 is 1.29 bits per heavy atom. The summed E-state index contributed by atoms with van der Waals surface area (Å²) in [7, 11) is 0. The number of benzene rings is 1. The zero-order chi connectivity index (χ0) is 15.2. The van der Waals surface area contributed by atoms with E-state index < -0.39 is 0 Å². The fourth-order valence-electron chi connectivity index (χ4n) is 2.26. The number of nitrogens with zero attached hydrogens (tertiary/aromatic N) is 2. The van der Waals surface area contributed by atoms with Crippen molar-refractivity contribution in [3.8, 4) is 0 Å². The number of nitrogens with two attached hydrogens (primary N) is 1. The molecule has 0 saturated carbocycles. The van der Waals surface area contributed by atoms with E-state index in [0.717, 1.165) is 12.0 Å². The van der Waals surface area contributed by atoms with Gasteiger partial charge in [0, 0.05) is 13.1 Å². The van der Waals surface area contributed by atoms with Gasteiger partial charge in [0.15, 0.2) is 0 Å². The number of aryl methyl sites for hydroxylation is 1. The number of nitrogen functional groups attached to an aromatic ring is 1. The quantitative estimate of drug-likeness (QED) is 0.917. The zero-order valence-corrected chi connectivity index (χ0v) is 12.5. The Morgan fingerprint density at radius 2 is 2.00 bits per heavy atom. The van der Waals surface area contributed by atoms with E-state index in [1.807, 2.05) is 42.2 Å². The lowest BCUT2D eigenvalue weighted by atomic mass is 10.1. The number of aromatic nitrogens is 1. The van der Waals surface area contributed by atoms with Gasteiger partial charge in [-0.2, -0.15) is 0 Å². The molecule has 0 aliphatic rings. The molecule has 1 aromatic heterocycles. The predicted octanol–water partition coefficient (Wildman–Crippen LogP) is 3.02. The van der Waals surface area contributed by atoms with Crippen molar-refractivity contribution < 1.29 is 4.79 Å². The van der Waals surface area contributed by atoms with E-state index in [0.29, 0.717) is 30.0 Å². The van der Waals surface area contributed by atoms with Crippen LogP contribution >= 0.6 is 0 Å². The summed E-state index contributed by atoms with van der Waals surface area (Å²) in [5.41, 5.74) is 8.69. The predicted molar refractivity (Wildman–Crippen MR) is 84.9 cm³/mol. The van der Waals surface area contributed by atoms with Crippen LogP contribution in [-0.2, 0) is 6.54 Å². The van der Waals surface area contributed by atoms with Gasteiger partial charge in [0.1, 0.15) is 0 Å². The number of hydrogen-bond donors (Lipinski definition) is 1. The topological polar surface area (TPSA) is 59.2 Å². The highest BCUT2D eigenvalue weighted by atomic mass is 16.2. The van der Waals surface area contributed by atoms with Crippen LogP contribution in [-0.4, -0.2) is 22.3 Å². The van der Waals surface area contributed by atoms with Crippen molar-refractivity contribution in [3.63, 3.8) is 0 Å². The van der Waals surface area contributed by atoms with Gasteiger partial charge in [0.25, 0.3) is 5.91 Å². The minimum absolute atomic E-state index is 0.0157. The average molecular weight is 283 g/mol. The molecule has 2 aromatic rings. The molecule has 0 fully saturated rings. The van der Waals surface area contributed by atoms with Crippen LogP contribution in [0.4, 0.5) is 5.69 Å². The monoisotopic (exact) mass is 283 g/mol. The summed E-state index contributed by atoms with van der Waals surface area (Å²) in [6.07, 6.45) is 2.49. The first-order chi connectivity index (χ1) is 10.1. The number of pyridine rings is 1. The molecule has 2 N–H and O–H groups in total. The molecule has 0 bridgehead atoms. The summed E-state index contributed by atoms with van der Waals surface area (Å²) in [6, 6.07) is 11.7. The largest absolute Gasteiger partial charge is 0.397 e. The third-order valence-corrected chi connectivity index (χ3v) is 3.34. The molecule has 1 aromatic carbocycles. The van der Waals surface area contributed by atoms with Gasteiger partial charge in [0.2, 0.25) is 0 Å². The molecular formula is C17H21N3O. The standard InChI is InChI=1S/C17H21N3O/c1-3-9-20(12-14-7-5-4-6-8-14)17(21)16-10-15(18)11-19-13(16)2/h4-8,10-11H,3,9,12,18H2,1-2H3. The lowest BCUT2D eigenvalue weighted by molar-refractivity contribution is 0.0742. The molecule has 0 aliphatic carbocycles. The highest BCUT2D eigenvalue weighted by Crippen LogP contribution is 2.15. The van der Waals surface area contributed by atoms with Gasteiger partial charge < -0.3 is 10.6 Å². The van der Waals surface area contributed by atoms with Crippen LogP contribution in [0, 0.1) is 6.92 Å². The maximum Gasteiger partial charge on any atom is 0.256 e. The van der Waals surface area contributed by atoms with Crippen molar-refractivity contribution in [2.45, 2.75) is 26.8 Å². The zero-order valence-electron chi connectivity index (χ0n) is 12.5. The first-order valence-electron chi connectivity index (χ1n) is 7.17. The van der Waals surface area contributed by atoms with Crippen LogP contribution in [0.1, 0.15) is 35.0 Å². The van der Waals surface area contributed by atoms with E-state index in [1.165, 1.54) is 0 Å². The van der Waals surface area contributed by atoms with Crippen molar-refractivity contribution in [1.29, 1.82) is 0 Å². The van der Waals surface area contributed by atoms with Gasteiger partial charge in [-0.3, -0.25) is 9.78 Å². The molecule has 0 aliphatic heterocycles. The Balaban J connectivity index is 2.25. The van der Waals surface area contributed by atoms with Gasteiger partial charge in [-0.25, -0.2) is 0 Å². The highest BCUT2D eigenvalue weighted by molar-refractivity contribution is 5.96. The Kier molecular flexibility index (Phi) is 4.93. The van der Waals surface area contributed by atoms with Crippen LogP contribution in [0.15, 0.2) is 42.6 Å². The van der Waals surface area contributed by atoms with E-state index in [4.69, 9.17) is 5.73 Å². The Hall–Kier alpha value is -2.36. The Morgan fingerprint density at radius 3 is 2.67 bits per heavy atom. The van der Waals surface area contributed by atoms with Gasteiger partial charge in [-0.05, 0) is 25.0 Å². The number of carbonyl (C=O) groups excluding carboxylic acids is 1. The van der Waals surface area contributed by atoms with Crippen LogP contribution in [0.2, 0.25) is 0 Å². The highest BCUT2D eigenvalue weighted by Gasteiger charge is 2.18. The molecule has 0 spiro atoms. The number of hydrogen-bond acceptors (Lipinski definition) is 3. The fraction of sp³-hybridized carbons (Fsp3) is 0.294. The van der Waals surface area contributed by atoms with Crippen LogP contribution in [0.25, 0.3) is 0 Å². The van der Waals surface area contributed by atoms with E-state index in [1.54, 1.807) is 12.3 Å². The normalized spacial score (nSPS) is 10.4. The molecule has 1 amide bonds. The molecule has 0 unspecified atom stereocenters. The van der Waals surface area contributed by atoms with Crippen molar-refractivity contribution in [2.75, 3.05) is 12.3 Å². The van der Waals surface area contributed by atoms with E-state index in [9.17, 15) is 4.79 Å². The minimum atomic E-state index is -0.0157. The third kappa shape index (κ3) is 3.81. The Labute approximate surface area is 125 Å². The summed E-state index contributed by atoms with van der Waals surface area (Å²) >= 11 is 0. The van der Waals surface area contributed by atoms with Gasteiger partial charge in [0.05, 0.1) is 23.1 Å². The number of carbonyl (C=O) groups is 1. The van der Waals surface area contributed by atoms with Crippen LogP contribution < -0.4 is 5.73 Å². The molecule has 4 heteroatoms. The lowest BCUT2D eigenvalue weighted by Crippen LogP contribution is -2.32. The molecule has 4 nitrogen and oxygen atoms in total. The van der Waals surface area contributed by atoms with E-state index >= 15 is 0 Å². The van der Waals surface area contributed by atoms with Crippen molar-refractivity contribution in [2.24, 2.45) is 0 Å². The first-order valence-corrected chi connectivity index (χ1v) is 7.17. The molecule has 1 heterocycles. The summed E-state index contributed by atoms with van der Waals surface area (Å²) in [4.78, 5) is 18.8. The minimum Gasteiger partial charge on any atom is -0.397 e. The van der Waals surface area contributed by atoms with Crippen molar-refractivity contribution >= 4 is 11.6 Å². The smallest absolute Gasteiger partial charge is 0.256 e. The summed E-state index contributed by atoms with van der Waals surface area (Å²) in [5.74, 6) is -0.0157. The molecule has 0 atom stereocenters. The average Bonchev–Trinajstić information content (AvgIpc) is 2.49. The lowest BCUT2D eigenvalue weighted by Gasteiger charge is -2.23. The van der Waals surface area contributed by atoms with Crippen LogP contribution in [0.3, 0.4) is 0 Å². The maximum atomic E-state index is 12.7. The van der Waals surface area contributed by atoms with Crippen LogP contribution in [0.5, 0.6) is 0 Å². The number of amides is 1. The Bertz CT molecular complexity index is 611. The number of anilines is 1. The summed E-state index contributed by atoms with van der Waals surface area (Å²) < 4.78 is 0. The number of rotatable bonds is 5. The van der Waals surface area contributed by atoms with Crippen molar-refractivity contribution in [3.05, 3.63) is 59.4 Å². The van der Waals surface area contributed by atoms with Gasteiger partial charge in [-0.1, -0.05) is 37.3 Å². The van der Waals surface area contributed by atoms with Gasteiger partial charge >= 0.3 is 0 Å². The fourth-order valence-corrected chi connectivity index (χ4v) is 2.26. The SMILES string of the molecule is CCCN(Cc1ccccc1)C(=O)c1cc(N)cnc1C. The molecule has 0 saturated heterocycles. The van der Waals surface area contributed by atoms with E-state index in [-0.39, 0.29) is 5.91 Å². The molecular weight excluding hydrogens is 262 g/mol. The second-order valence-corrected chi connectivity index (χ2v) is 5.11. The van der Waals surface area contributed by atoms with Crippen molar-refractivity contribution in [1.82, 2.24) is 9.88 Å². The third-order valence-electron chi connectivity index (χ3n) is 3.34.